The first-order valence-electron chi connectivity index (χ1n) is 4.46. The van der Waals surface area contributed by atoms with E-state index in [1.165, 1.54) is 0 Å². The Morgan fingerprint density at radius 1 is 1.36 bits per heavy atom. The molecule has 0 spiro atoms. The van der Waals surface area contributed by atoms with E-state index in [0.717, 1.165) is 12.8 Å². The molecule has 0 aliphatic heterocycles. The third kappa shape index (κ3) is 2.64. The number of carbonyl (C=O) groups excluding carboxylic acids is 1. The lowest BCUT2D eigenvalue weighted by Gasteiger charge is -2.30. The van der Waals surface area contributed by atoms with Crippen LogP contribution in [-0.2, 0) is 4.79 Å². The molecule has 0 N–H and O–H groups in total. The van der Waals surface area contributed by atoms with Crippen LogP contribution in [0.5, 0.6) is 0 Å². The van der Waals surface area contributed by atoms with Gasteiger partial charge in [0.2, 0.25) is 0 Å². The van der Waals surface area contributed by atoms with Gasteiger partial charge in [0.05, 0.1) is 0 Å². The van der Waals surface area contributed by atoms with Crippen molar-refractivity contribution >= 4 is 5.78 Å². The third-order valence-corrected chi connectivity index (χ3v) is 2.75. The predicted octanol–water partition coefficient (Wildman–Crippen LogP) is 3.04. The maximum absolute atomic E-state index is 11.2. The molecule has 0 aliphatic carbocycles. The Bertz CT molecular complexity index is 136. The van der Waals surface area contributed by atoms with Crippen LogP contribution in [0.2, 0.25) is 0 Å². The number of rotatable bonds is 4. The van der Waals surface area contributed by atoms with Crippen LogP contribution in [0.15, 0.2) is 0 Å². The average molecular weight is 156 g/mol. The van der Waals surface area contributed by atoms with E-state index in [1.54, 1.807) is 6.92 Å². The van der Waals surface area contributed by atoms with E-state index in [9.17, 15) is 4.79 Å². The second-order valence-electron chi connectivity index (χ2n) is 3.91. The summed E-state index contributed by atoms with van der Waals surface area (Å²) in [5.41, 5.74) is 0.181. The minimum Gasteiger partial charge on any atom is -0.300 e. The van der Waals surface area contributed by atoms with Crippen molar-refractivity contribution in [2.75, 3.05) is 0 Å². The van der Waals surface area contributed by atoms with Crippen LogP contribution in [0.3, 0.4) is 0 Å². The van der Waals surface area contributed by atoms with Gasteiger partial charge in [-0.15, -0.1) is 0 Å². The van der Waals surface area contributed by atoms with E-state index in [4.69, 9.17) is 0 Å². The van der Waals surface area contributed by atoms with Crippen LogP contribution in [-0.4, -0.2) is 5.78 Å². The summed E-state index contributed by atoms with van der Waals surface area (Å²) >= 11 is 0. The maximum Gasteiger partial charge on any atom is 0.133 e. The zero-order valence-electron chi connectivity index (χ0n) is 8.40. The van der Waals surface area contributed by atoms with Gasteiger partial charge in [-0.05, 0) is 18.8 Å². The largest absolute Gasteiger partial charge is 0.300 e. The van der Waals surface area contributed by atoms with Gasteiger partial charge in [0.25, 0.3) is 0 Å². The molecule has 1 unspecified atom stereocenters. The molecule has 0 rings (SSSR count). The molecule has 0 radical (unpaired) electrons. The van der Waals surface area contributed by atoms with E-state index in [2.05, 4.69) is 27.7 Å². The van der Waals surface area contributed by atoms with Crippen molar-refractivity contribution in [2.45, 2.75) is 47.5 Å². The summed E-state index contributed by atoms with van der Waals surface area (Å²) in [7, 11) is 0. The van der Waals surface area contributed by atoms with Gasteiger partial charge in [-0.3, -0.25) is 4.79 Å². The van der Waals surface area contributed by atoms with Gasteiger partial charge >= 0.3 is 0 Å². The Labute approximate surface area is 70.2 Å². The molecule has 0 bridgehead atoms. The van der Waals surface area contributed by atoms with Gasteiger partial charge in [-0.25, -0.2) is 0 Å². The highest BCUT2D eigenvalue weighted by Gasteiger charge is 2.29. The lowest BCUT2D eigenvalue weighted by Crippen LogP contribution is -2.28. The fourth-order valence-corrected chi connectivity index (χ4v) is 1.64. The molecule has 11 heavy (non-hydrogen) atoms. The van der Waals surface area contributed by atoms with Crippen molar-refractivity contribution in [1.29, 1.82) is 0 Å². The summed E-state index contributed by atoms with van der Waals surface area (Å²) in [6, 6.07) is 0. The van der Waals surface area contributed by atoms with Crippen molar-refractivity contribution in [2.24, 2.45) is 11.3 Å². The van der Waals surface area contributed by atoms with Gasteiger partial charge in [0.1, 0.15) is 5.78 Å². The number of ketones is 1. The quantitative estimate of drug-likeness (QED) is 0.611. The highest BCUT2D eigenvalue weighted by Crippen LogP contribution is 2.33. The smallest absolute Gasteiger partial charge is 0.133 e. The molecule has 0 aromatic carbocycles. The van der Waals surface area contributed by atoms with Gasteiger partial charge in [-0.1, -0.05) is 34.1 Å². The molecular weight excluding hydrogens is 136 g/mol. The molecule has 0 amide bonds. The van der Waals surface area contributed by atoms with Crippen molar-refractivity contribution < 1.29 is 4.79 Å². The van der Waals surface area contributed by atoms with Crippen molar-refractivity contribution in [1.82, 2.24) is 0 Å². The lowest BCUT2D eigenvalue weighted by atomic mass is 9.73. The summed E-state index contributed by atoms with van der Waals surface area (Å²) in [4.78, 5) is 11.2. The Morgan fingerprint density at radius 3 is 1.91 bits per heavy atom. The molecule has 0 aromatic rings. The minimum absolute atomic E-state index is 0.181. The van der Waals surface area contributed by atoms with Crippen LogP contribution in [0.25, 0.3) is 0 Å². The molecular formula is C10H20O. The molecule has 0 fully saturated rings. The topological polar surface area (TPSA) is 17.1 Å². The van der Waals surface area contributed by atoms with Gasteiger partial charge in [-0.2, -0.15) is 0 Å². The van der Waals surface area contributed by atoms with E-state index in [-0.39, 0.29) is 11.3 Å². The van der Waals surface area contributed by atoms with E-state index >= 15 is 0 Å². The summed E-state index contributed by atoms with van der Waals surface area (Å²) in [6.07, 6.45) is 2.04. The standard InChI is InChI=1S/C10H20O/c1-6-9(8(3)11)10(4,5)7-2/h9H,6-7H2,1-5H3. The monoisotopic (exact) mass is 156 g/mol. The van der Waals surface area contributed by atoms with Crippen LogP contribution >= 0.6 is 0 Å². The Balaban J connectivity index is 4.36. The molecule has 0 aliphatic rings. The van der Waals surface area contributed by atoms with Gasteiger partial charge in [0.15, 0.2) is 0 Å². The third-order valence-electron chi connectivity index (χ3n) is 2.75. The predicted molar refractivity (Wildman–Crippen MR) is 48.5 cm³/mol. The fraction of sp³-hybridized carbons (Fsp3) is 0.900. The van der Waals surface area contributed by atoms with Crippen LogP contribution in [0.1, 0.15) is 47.5 Å². The normalized spacial score (nSPS) is 14.6. The number of hydrogen-bond donors (Lipinski definition) is 0. The summed E-state index contributed by atoms with van der Waals surface area (Å²) in [5, 5.41) is 0. The second-order valence-corrected chi connectivity index (χ2v) is 3.91. The summed E-state index contributed by atoms with van der Waals surface area (Å²) in [5.74, 6) is 0.576. The average Bonchev–Trinajstić information content (AvgIpc) is 1.88. The first-order valence-corrected chi connectivity index (χ1v) is 4.46. The highest BCUT2D eigenvalue weighted by atomic mass is 16.1. The molecule has 1 nitrogen and oxygen atoms in total. The zero-order chi connectivity index (χ0) is 9.07. The van der Waals surface area contributed by atoms with E-state index < -0.39 is 0 Å². The minimum atomic E-state index is 0.181. The molecule has 66 valence electrons. The molecule has 0 saturated carbocycles. The van der Waals surface area contributed by atoms with Crippen molar-refractivity contribution in [3.05, 3.63) is 0 Å². The molecule has 1 heteroatoms. The Kier molecular flexibility index (Phi) is 3.77. The Hall–Kier alpha value is -0.330. The van der Waals surface area contributed by atoms with E-state index in [0.29, 0.717) is 5.78 Å². The first-order chi connectivity index (χ1) is 4.95. The zero-order valence-corrected chi connectivity index (χ0v) is 8.40. The Morgan fingerprint density at radius 2 is 1.82 bits per heavy atom. The van der Waals surface area contributed by atoms with Crippen molar-refractivity contribution in [3.63, 3.8) is 0 Å². The number of Topliss-reactive ketones (excluding diaryl/α,β-unsaturated/α-hetero) is 1. The SMILES string of the molecule is CCC(C(C)=O)C(C)(C)CC. The molecule has 1 atom stereocenters. The highest BCUT2D eigenvalue weighted by molar-refractivity contribution is 5.78. The lowest BCUT2D eigenvalue weighted by molar-refractivity contribution is -0.124. The molecule has 0 saturated heterocycles. The fourth-order valence-electron chi connectivity index (χ4n) is 1.64. The number of hydrogen-bond acceptors (Lipinski definition) is 1. The summed E-state index contributed by atoms with van der Waals surface area (Å²) in [6.45, 7) is 10.3. The van der Waals surface area contributed by atoms with Crippen LogP contribution < -0.4 is 0 Å². The van der Waals surface area contributed by atoms with Crippen molar-refractivity contribution in [3.8, 4) is 0 Å². The molecule has 0 aromatic heterocycles. The second kappa shape index (κ2) is 3.89. The van der Waals surface area contributed by atoms with Gasteiger partial charge in [0, 0.05) is 5.92 Å². The van der Waals surface area contributed by atoms with Crippen LogP contribution in [0.4, 0.5) is 0 Å². The van der Waals surface area contributed by atoms with Gasteiger partial charge < -0.3 is 0 Å². The molecule has 0 heterocycles. The van der Waals surface area contributed by atoms with Crippen LogP contribution in [0, 0.1) is 11.3 Å². The van der Waals surface area contributed by atoms with E-state index in [1.807, 2.05) is 0 Å². The number of carbonyl (C=O) groups is 1. The summed E-state index contributed by atoms with van der Waals surface area (Å²) < 4.78 is 0. The maximum atomic E-state index is 11.2. The first kappa shape index (κ1) is 10.7.